The molecule has 0 aliphatic rings. The fourth-order valence-corrected chi connectivity index (χ4v) is 0.667. The van der Waals surface area contributed by atoms with Crippen LogP contribution in [-0.4, -0.2) is 41.9 Å². The van der Waals surface area contributed by atoms with Crippen molar-refractivity contribution in [2.45, 2.75) is 12.5 Å². The standard InChI is InChI=1S/C6H7NO6.CH4N.Y/c1-3(9)6(4(7)10,5(11)12)13-2-8;1-2;/h2H,1H3,(H3,7,10,11,12);2H,1H3;/q;-1;/p-1. The number of ketones is 1. The van der Waals surface area contributed by atoms with Crippen LogP contribution >= 0.6 is 0 Å². The van der Waals surface area contributed by atoms with Gasteiger partial charge in [0.05, 0.1) is 0 Å². The van der Waals surface area contributed by atoms with E-state index in [9.17, 15) is 19.2 Å². The number of aliphatic carboxylic acids is 1. The fourth-order valence-electron chi connectivity index (χ4n) is 0.667. The molecule has 1 atom stereocenters. The number of Topliss-reactive ketones (excluding diaryl/α,β-unsaturated/α-hetero) is 1. The summed E-state index contributed by atoms with van der Waals surface area (Å²) in [5.41, 5.74) is 9.26. The number of amides is 1. The van der Waals surface area contributed by atoms with E-state index in [0.29, 0.717) is 0 Å². The number of carbonyl (C=O) groups is 4. The molecule has 0 aromatic rings. The van der Waals surface area contributed by atoms with Gasteiger partial charge in [-0.05, 0) is 6.92 Å². The summed E-state index contributed by atoms with van der Waals surface area (Å²) in [6.45, 7) is 0.381. The topological polar surface area (TPSA) is 145 Å². The van der Waals surface area contributed by atoms with Gasteiger partial charge in [-0.25, -0.2) is 4.79 Å². The van der Waals surface area contributed by atoms with Crippen LogP contribution in [0.4, 0.5) is 0 Å². The van der Waals surface area contributed by atoms with Crippen molar-refractivity contribution in [1.29, 1.82) is 0 Å². The molecule has 0 heterocycles. The number of carbonyl (C=O) groups excluding carboxylic acids is 3. The molecule has 0 bridgehead atoms. The number of carboxylic acid groups (broad SMARTS) is 1. The minimum atomic E-state index is -3.01. The van der Waals surface area contributed by atoms with Crippen molar-refractivity contribution in [3.05, 3.63) is 11.5 Å². The molecule has 0 spiro atoms. The summed E-state index contributed by atoms with van der Waals surface area (Å²) in [6, 6.07) is 0. The first-order valence-corrected chi connectivity index (χ1v) is 3.51. The van der Waals surface area contributed by atoms with Gasteiger partial charge in [0.25, 0.3) is 6.47 Å². The third-order valence-electron chi connectivity index (χ3n) is 1.34. The third-order valence-corrected chi connectivity index (χ3v) is 1.34. The van der Waals surface area contributed by atoms with Gasteiger partial charge in [-0.2, -0.15) is 7.05 Å². The molecule has 0 aliphatic carbocycles. The van der Waals surface area contributed by atoms with Gasteiger partial charge in [0.2, 0.25) is 0 Å². The van der Waals surface area contributed by atoms with Gasteiger partial charge >= 0.3 is 11.6 Å². The third kappa shape index (κ3) is 4.34. The molecule has 0 aromatic heterocycles. The largest absolute Gasteiger partial charge is 0.680 e. The van der Waals surface area contributed by atoms with E-state index in [4.69, 9.17) is 16.6 Å². The Labute approximate surface area is 117 Å². The summed E-state index contributed by atoms with van der Waals surface area (Å²) < 4.78 is 3.85. The summed E-state index contributed by atoms with van der Waals surface area (Å²) in [5, 5.41) is 8.45. The normalized spacial score (nSPS) is 11.7. The van der Waals surface area contributed by atoms with Crippen LogP contribution in [-0.2, 0) is 56.6 Å². The molecule has 16 heavy (non-hydrogen) atoms. The zero-order chi connectivity index (χ0) is 12.6. The number of nitrogens with one attached hydrogen (secondary N) is 2. The molecule has 0 aromatic carbocycles. The second-order valence-corrected chi connectivity index (χ2v) is 2.09. The first kappa shape index (κ1) is 20.5. The van der Waals surface area contributed by atoms with E-state index < -0.39 is 23.3 Å². The molecule has 0 saturated carbocycles. The Morgan fingerprint density at radius 3 is 1.75 bits per heavy atom. The SMILES string of the molecule is CC(=O)C(OC=O)(C([NH-])=O)C(=O)O.C[NH-].[Y]. The number of hydrogen-bond acceptors (Lipinski definition) is 5. The van der Waals surface area contributed by atoms with E-state index in [2.05, 4.69) is 4.74 Å². The second-order valence-electron chi connectivity index (χ2n) is 2.09. The molecular weight excluding hydrogens is 297 g/mol. The van der Waals surface area contributed by atoms with Crippen LogP contribution < -0.4 is 0 Å². The van der Waals surface area contributed by atoms with Crippen molar-refractivity contribution in [3.8, 4) is 0 Å². The number of hydrogen-bond donors (Lipinski definition) is 1. The Bertz CT molecular complexity index is 244. The van der Waals surface area contributed by atoms with E-state index in [-0.39, 0.29) is 39.2 Å². The monoisotopic (exact) mass is 307 g/mol. The minimum Gasteiger partial charge on any atom is -0.680 e. The molecule has 0 saturated heterocycles. The number of ether oxygens (including phenoxy) is 1. The van der Waals surface area contributed by atoms with Gasteiger partial charge in [-0.15, -0.1) is 0 Å². The molecule has 8 nitrogen and oxygen atoms in total. The van der Waals surface area contributed by atoms with Crippen LogP contribution in [0.25, 0.3) is 11.5 Å². The maximum atomic E-state index is 10.7. The van der Waals surface area contributed by atoms with Crippen molar-refractivity contribution in [3.63, 3.8) is 0 Å². The maximum Gasteiger partial charge on any atom is 0.362 e. The summed E-state index contributed by atoms with van der Waals surface area (Å²) in [7, 11) is 1.25. The van der Waals surface area contributed by atoms with Gasteiger partial charge < -0.3 is 26.1 Å². The van der Waals surface area contributed by atoms with Gasteiger partial charge in [0.1, 0.15) is 5.91 Å². The van der Waals surface area contributed by atoms with Crippen molar-refractivity contribution >= 4 is 24.1 Å². The fraction of sp³-hybridized carbons (Fsp3) is 0.429. The zero-order valence-electron chi connectivity index (χ0n) is 8.64. The summed E-state index contributed by atoms with van der Waals surface area (Å²) in [5.74, 6) is -5.00. The molecule has 1 radical (unpaired) electrons. The molecule has 0 aliphatic heterocycles. The van der Waals surface area contributed by atoms with Crippen LogP contribution in [0.2, 0.25) is 0 Å². The predicted molar refractivity (Wildman–Crippen MR) is 47.8 cm³/mol. The molecule has 1 unspecified atom stereocenters. The van der Waals surface area contributed by atoms with E-state index in [1.54, 1.807) is 0 Å². The van der Waals surface area contributed by atoms with Crippen LogP contribution in [0.1, 0.15) is 6.92 Å². The predicted octanol–water partition coefficient (Wildman–Crippen LogP) is -0.184. The summed E-state index contributed by atoms with van der Waals surface area (Å²) in [4.78, 5) is 41.6. The first-order valence-electron chi connectivity index (χ1n) is 3.51. The van der Waals surface area contributed by atoms with Crippen molar-refractivity contribution in [2.24, 2.45) is 0 Å². The van der Waals surface area contributed by atoms with E-state index in [1.807, 2.05) is 0 Å². The van der Waals surface area contributed by atoms with Crippen molar-refractivity contribution in [1.82, 2.24) is 0 Å². The average Bonchev–Trinajstić information content (AvgIpc) is 2.15. The Morgan fingerprint density at radius 2 is 1.69 bits per heavy atom. The van der Waals surface area contributed by atoms with Gasteiger partial charge in [-0.1, -0.05) is 0 Å². The summed E-state index contributed by atoms with van der Waals surface area (Å²) in [6.07, 6.45) is 0. The van der Waals surface area contributed by atoms with Crippen LogP contribution in [0.5, 0.6) is 0 Å². The molecule has 89 valence electrons. The Morgan fingerprint density at radius 1 is 1.31 bits per heavy atom. The van der Waals surface area contributed by atoms with E-state index in [1.165, 1.54) is 7.05 Å². The van der Waals surface area contributed by atoms with Gasteiger partial charge in [0.15, 0.2) is 5.78 Å². The van der Waals surface area contributed by atoms with E-state index >= 15 is 0 Å². The van der Waals surface area contributed by atoms with Gasteiger partial charge in [0, 0.05) is 32.7 Å². The van der Waals surface area contributed by atoms with Crippen LogP contribution in [0.15, 0.2) is 0 Å². The van der Waals surface area contributed by atoms with E-state index in [0.717, 1.165) is 6.92 Å². The molecule has 1 amide bonds. The first-order chi connectivity index (χ1) is 6.89. The molecule has 0 rings (SSSR count). The Hall–Kier alpha value is -0.856. The van der Waals surface area contributed by atoms with Crippen molar-refractivity contribution < 1.29 is 61.7 Å². The Balaban J connectivity index is -0.000000529. The maximum absolute atomic E-state index is 10.7. The second kappa shape index (κ2) is 9.38. The van der Waals surface area contributed by atoms with Gasteiger partial charge in [-0.3, -0.25) is 9.59 Å². The Kier molecular flexibility index (Phi) is 12.0. The van der Waals surface area contributed by atoms with Crippen molar-refractivity contribution in [2.75, 3.05) is 7.05 Å². The summed E-state index contributed by atoms with van der Waals surface area (Å²) >= 11 is 0. The smallest absolute Gasteiger partial charge is 0.362 e. The molecule has 9 heteroatoms. The molecular formula is C7H10N2O6Y-2. The number of rotatable bonds is 5. The van der Waals surface area contributed by atoms with Crippen LogP contribution in [0, 0.1) is 0 Å². The molecule has 3 N–H and O–H groups in total. The minimum absolute atomic E-state index is 0. The quantitative estimate of drug-likeness (QED) is 0.550. The average molecular weight is 307 g/mol. The van der Waals surface area contributed by atoms with Crippen LogP contribution in [0.3, 0.4) is 0 Å². The zero-order valence-corrected chi connectivity index (χ0v) is 11.5. The molecule has 0 fully saturated rings. The number of carboxylic acids is 1.